The van der Waals surface area contributed by atoms with Crippen LogP contribution < -0.4 is 10.6 Å². The van der Waals surface area contributed by atoms with Crippen LogP contribution >= 0.6 is 0 Å². The summed E-state index contributed by atoms with van der Waals surface area (Å²) in [5, 5.41) is 5.23. The fraction of sp³-hybridized carbons (Fsp3) is 0.286. The van der Waals surface area contributed by atoms with Crippen LogP contribution in [0.1, 0.15) is 24.7 Å². The first-order chi connectivity index (χ1) is 14.2. The largest absolute Gasteiger partial charge is 0.416 e. The number of amides is 2. The van der Waals surface area contributed by atoms with Gasteiger partial charge >= 0.3 is 6.18 Å². The third-order valence-electron chi connectivity index (χ3n) is 4.46. The number of rotatable bonds is 7. The smallest absolute Gasteiger partial charge is 0.356 e. The van der Waals surface area contributed by atoms with E-state index < -0.39 is 17.6 Å². The van der Waals surface area contributed by atoms with Crippen molar-refractivity contribution >= 4 is 28.5 Å². The normalized spacial score (nSPS) is 11.5. The van der Waals surface area contributed by atoms with Gasteiger partial charge in [-0.3, -0.25) is 9.59 Å². The maximum Gasteiger partial charge on any atom is 0.416 e. The van der Waals surface area contributed by atoms with Crippen molar-refractivity contribution in [2.75, 3.05) is 11.9 Å². The number of benzene rings is 2. The molecule has 0 radical (unpaired) electrons. The lowest BCUT2D eigenvalue weighted by atomic mass is 10.2. The number of hydrogen-bond donors (Lipinski definition) is 2. The molecule has 2 amide bonds. The molecule has 0 unspecified atom stereocenters. The average Bonchev–Trinajstić information content (AvgIpc) is 3.02. The second-order valence-electron chi connectivity index (χ2n) is 6.82. The molecule has 3 rings (SSSR count). The molecule has 6 nitrogen and oxygen atoms in total. The summed E-state index contributed by atoms with van der Waals surface area (Å²) < 4.78 is 40.4. The maximum atomic E-state index is 12.9. The molecule has 2 N–H and O–H groups in total. The quantitative estimate of drug-likeness (QED) is 0.574. The Balaban J connectivity index is 1.76. The summed E-state index contributed by atoms with van der Waals surface area (Å²) in [5.41, 5.74) is 0.726. The minimum atomic E-state index is -4.48. The van der Waals surface area contributed by atoms with Crippen molar-refractivity contribution in [2.24, 2.45) is 0 Å². The standard InChI is InChI=1S/C21H21F3N4O2/c1-14(29)25-11-5-10-19-27-17-8-2-3-9-18(17)28(19)13-20(30)26-16-7-4-6-15(12-16)21(22,23)24/h2-4,6-9,12H,5,10-11,13H2,1H3,(H,25,29)(H,26,30). The highest BCUT2D eigenvalue weighted by atomic mass is 19.4. The minimum absolute atomic E-state index is 0.0754. The molecule has 0 aliphatic heterocycles. The number of hydrogen-bond acceptors (Lipinski definition) is 3. The summed E-state index contributed by atoms with van der Waals surface area (Å²) in [5.74, 6) is 0.0882. The Morgan fingerprint density at radius 1 is 1.10 bits per heavy atom. The van der Waals surface area contributed by atoms with Gasteiger partial charge < -0.3 is 15.2 Å². The molecule has 0 aliphatic rings. The number of alkyl halides is 3. The monoisotopic (exact) mass is 418 g/mol. The van der Waals surface area contributed by atoms with Crippen LogP contribution in [0.3, 0.4) is 0 Å². The summed E-state index contributed by atoms with van der Waals surface area (Å²) in [7, 11) is 0. The molecular weight excluding hydrogens is 397 g/mol. The van der Waals surface area contributed by atoms with Crippen LogP contribution in [0.15, 0.2) is 48.5 Å². The van der Waals surface area contributed by atoms with Crippen LogP contribution in [0.4, 0.5) is 18.9 Å². The average molecular weight is 418 g/mol. The third kappa shape index (κ3) is 5.37. The number of nitrogens with one attached hydrogen (secondary N) is 2. The van der Waals surface area contributed by atoms with E-state index in [4.69, 9.17) is 0 Å². The molecule has 0 fully saturated rings. The zero-order valence-corrected chi connectivity index (χ0v) is 16.3. The molecule has 3 aromatic rings. The van der Waals surface area contributed by atoms with Gasteiger partial charge in [-0.25, -0.2) is 4.98 Å². The van der Waals surface area contributed by atoms with Gasteiger partial charge in [-0.05, 0) is 36.8 Å². The van der Waals surface area contributed by atoms with Gasteiger partial charge in [0.2, 0.25) is 11.8 Å². The molecule has 0 saturated carbocycles. The second-order valence-corrected chi connectivity index (χ2v) is 6.82. The van der Waals surface area contributed by atoms with Gasteiger partial charge in [-0.1, -0.05) is 18.2 Å². The number of aryl methyl sites for hydroxylation is 1. The van der Waals surface area contributed by atoms with Gasteiger partial charge in [0, 0.05) is 25.6 Å². The summed E-state index contributed by atoms with van der Waals surface area (Å²) in [6.07, 6.45) is -3.31. The van der Waals surface area contributed by atoms with Gasteiger partial charge in [0.25, 0.3) is 0 Å². The lowest BCUT2D eigenvalue weighted by molar-refractivity contribution is -0.137. The first-order valence-electron chi connectivity index (χ1n) is 9.40. The van der Waals surface area contributed by atoms with Crippen LogP contribution in [0.25, 0.3) is 11.0 Å². The van der Waals surface area contributed by atoms with E-state index in [1.54, 1.807) is 4.57 Å². The maximum absolute atomic E-state index is 12.9. The van der Waals surface area contributed by atoms with Gasteiger partial charge in [0.05, 0.1) is 16.6 Å². The zero-order valence-electron chi connectivity index (χ0n) is 16.3. The summed E-state index contributed by atoms with van der Waals surface area (Å²) in [6, 6.07) is 11.8. The van der Waals surface area contributed by atoms with E-state index in [1.165, 1.54) is 19.1 Å². The molecule has 0 bridgehead atoms. The van der Waals surface area contributed by atoms with Gasteiger partial charge in [0.15, 0.2) is 0 Å². The highest BCUT2D eigenvalue weighted by Gasteiger charge is 2.30. The lowest BCUT2D eigenvalue weighted by Gasteiger charge is -2.12. The lowest BCUT2D eigenvalue weighted by Crippen LogP contribution is -2.23. The Morgan fingerprint density at radius 2 is 1.87 bits per heavy atom. The predicted molar refractivity (Wildman–Crippen MR) is 107 cm³/mol. The van der Waals surface area contributed by atoms with E-state index >= 15 is 0 Å². The van der Waals surface area contributed by atoms with Crippen molar-refractivity contribution in [3.63, 3.8) is 0 Å². The fourth-order valence-electron chi connectivity index (χ4n) is 3.12. The van der Waals surface area contributed by atoms with Crippen molar-refractivity contribution in [3.8, 4) is 0 Å². The van der Waals surface area contributed by atoms with Crippen LogP contribution in [-0.4, -0.2) is 27.9 Å². The summed E-state index contributed by atoms with van der Waals surface area (Å²) in [4.78, 5) is 28.1. The summed E-state index contributed by atoms with van der Waals surface area (Å²) in [6.45, 7) is 1.83. The number of imidazole rings is 1. The topological polar surface area (TPSA) is 76.0 Å². The fourth-order valence-corrected chi connectivity index (χ4v) is 3.12. The van der Waals surface area contributed by atoms with Gasteiger partial charge in [-0.2, -0.15) is 13.2 Å². The number of anilines is 1. The van der Waals surface area contributed by atoms with E-state index in [9.17, 15) is 22.8 Å². The molecule has 0 spiro atoms. The molecule has 9 heteroatoms. The number of para-hydroxylation sites is 2. The van der Waals surface area contributed by atoms with Crippen molar-refractivity contribution < 1.29 is 22.8 Å². The molecule has 30 heavy (non-hydrogen) atoms. The third-order valence-corrected chi connectivity index (χ3v) is 4.46. The molecular formula is C21H21F3N4O2. The minimum Gasteiger partial charge on any atom is -0.356 e. The van der Waals surface area contributed by atoms with Crippen molar-refractivity contribution in [1.29, 1.82) is 0 Å². The van der Waals surface area contributed by atoms with Gasteiger partial charge in [0.1, 0.15) is 12.4 Å². The van der Waals surface area contributed by atoms with E-state index in [0.29, 0.717) is 25.2 Å². The van der Waals surface area contributed by atoms with E-state index in [-0.39, 0.29) is 18.1 Å². The number of halogens is 3. The van der Waals surface area contributed by atoms with Crippen molar-refractivity contribution in [1.82, 2.24) is 14.9 Å². The number of carbonyl (C=O) groups is 2. The van der Waals surface area contributed by atoms with E-state index in [0.717, 1.165) is 23.2 Å². The molecule has 2 aromatic carbocycles. The second kappa shape index (κ2) is 8.98. The van der Waals surface area contributed by atoms with Crippen molar-refractivity contribution in [2.45, 2.75) is 32.5 Å². The Kier molecular flexibility index (Phi) is 6.39. The molecule has 1 heterocycles. The number of fused-ring (bicyclic) bond motifs is 1. The Morgan fingerprint density at radius 3 is 2.60 bits per heavy atom. The SMILES string of the molecule is CC(=O)NCCCc1nc2ccccc2n1CC(=O)Nc1cccc(C(F)(F)F)c1. The predicted octanol–water partition coefficient (Wildman–Crippen LogP) is 3.76. The van der Waals surface area contributed by atoms with Crippen molar-refractivity contribution in [3.05, 3.63) is 59.9 Å². The number of aromatic nitrogens is 2. The molecule has 0 aliphatic carbocycles. The Hall–Kier alpha value is -3.36. The Bertz CT molecular complexity index is 1060. The number of carbonyl (C=O) groups excluding carboxylic acids is 2. The Labute approximate surface area is 171 Å². The summed E-state index contributed by atoms with van der Waals surface area (Å²) >= 11 is 0. The number of nitrogens with zero attached hydrogens (tertiary/aromatic N) is 2. The van der Waals surface area contributed by atoms with Gasteiger partial charge in [-0.15, -0.1) is 0 Å². The first-order valence-corrected chi connectivity index (χ1v) is 9.40. The van der Waals surface area contributed by atoms with Crippen LogP contribution in [-0.2, 0) is 28.7 Å². The van der Waals surface area contributed by atoms with E-state index in [2.05, 4.69) is 15.6 Å². The first kappa shape index (κ1) is 21.4. The molecule has 0 atom stereocenters. The molecule has 0 saturated heterocycles. The molecule has 1 aromatic heterocycles. The van der Waals surface area contributed by atoms with E-state index in [1.807, 2.05) is 24.3 Å². The molecule has 158 valence electrons. The van der Waals surface area contributed by atoms with Crippen LogP contribution in [0.5, 0.6) is 0 Å². The zero-order chi connectivity index (χ0) is 21.7. The van der Waals surface area contributed by atoms with Crippen LogP contribution in [0, 0.1) is 0 Å². The highest BCUT2D eigenvalue weighted by Crippen LogP contribution is 2.30. The van der Waals surface area contributed by atoms with Crippen LogP contribution in [0.2, 0.25) is 0 Å². The highest BCUT2D eigenvalue weighted by molar-refractivity contribution is 5.91.